The third kappa shape index (κ3) is 2.73. The summed E-state index contributed by atoms with van der Waals surface area (Å²) < 4.78 is 5.03. The number of amides is 2. The van der Waals surface area contributed by atoms with E-state index in [4.69, 9.17) is 4.74 Å². The van der Waals surface area contributed by atoms with Gasteiger partial charge < -0.3 is 4.74 Å². The Kier molecular flexibility index (Phi) is 3.53. The van der Waals surface area contributed by atoms with Gasteiger partial charge in [0.05, 0.1) is 31.4 Å². The van der Waals surface area contributed by atoms with Crippen molar-refractivity contribution in [1.29, 1.82) is 0 Å². The second-order valence-electron chi connectivity index (χ2n) is 4.93. The number of nitrogens with one attached hydrogen (secondary N) is 1. The molecule has 1 aromatic heterocycles. The van der Waals surface area contributed by atoms with Crippen LogP contribution < -0.4 is 10.1 Å². The third-order valence-electron chi connectivity index (χ3n) is 3.07. The Morgan fingerprint density at radius 1 is 1.42 bits per heavy atom. The number of hydrogen-bond donors (Lipinski definition) is 1. The Balaban J connectivity index is 2.20. The third-order valence-corrected chi connectivity index (χ3v) is 3.07. The van der Waals surface area contributed by atoms with Crippen molar-refractivity contribution in [3.05, 3.63) is 23.9 Å². The molecule has 1 aliphatic heterocycles. The highest BCUT2D eigenvalue weighted by Crippen LogP contribution is 2.16. The molecule has 0 unspecified atom stereocenters. The summed E-state index contributed by atoms with van der Waals surface area (Å²) >= 11 is 0. The summed E-state index contributed by atoms with van der Waals surface area (Å²) in [5, 5.41) is 2.91. The predicted octanol–water partition coefficient (Wildman–Crippen LogP) is 0.327. The number of methoxy groups -OCH3 is 1. The van der Waals surface area contributed by atoms with Crippen LogP contribution in [0.1, 0.15) is 19.5 Å². The Hall–Kier alpha value is -1.95. The lowest BCUT2D eigenvalue weighted by atomic mass is 10.0. The molecular formula is C13H17N3O3. The maximum atomic E-state index is 12.2. The van der Waals surface area contributed by atoms with Gasteiger partial charge in [0, 0.05) is 6.07 Å². The molecule has 0 radical (unpaired) electrons. The molecule has 6 nitrogen and oxygen atoms in total. The van der Waals surface area contributed by atoms with Crippen LogP contribution in [-0.4, -0.2) is 40.9 Å². The lowest BCUT2D eigenvalue weighted by Crippen LogP contribution is -2.63. The summed E-state index contributed by atoms with van der Waals surface area (Å²) in [4.78, 5) is 29.5. The van der Waals surface area contributed by atoms with E-state index in [1.165, 1.54) is 12.0 Å². The number of carbonyl (C=O) groups excluding carboxylic acids is 2. The van der Waals surface area contributed by atoms with Crippen LogP contribution in [0.3, 0.4) is 0 Å². The molecule has 1 aromatic rings. The number of nitrogens with zero attached hydrogens (tertiary/aromatic N) is 2. The average molecular weight is 263 g/mol. The number of pyridine rings is 1. The van der Waals surface area contributed by atoms with Crippen molar-refractivity contribution in [2.75, 3.05) is 13.7 Å². The Morgan fingerprint density at radius 2 is 2.16 bits per heavy atom. The van der Waals surface area contributed by atoms with Gasteiger partial charge in [0.2, 0.25) is 17.7 Å². The van der Waals surface area contributed by atoms with Crippen molar-refractivity contribution in [2.24, 2.45) is 0 Å². The van der Waals surface area contributed by atoms with E-state index >= 15 is 0 Å². The maximum Gasteiger partial charge on any atom is 0.249 e. The summed E-state index contributed by atoms with van der Waals surface area (Å²) in [5.74, 6) is -0.0193. The van der Waals surface area contributed by atoms with E-state index in [1.54, 1.807) is 32.0 Å². The molecule has 1 fully saturated rings. The van der Waals surface area contributed by atoms with Gasteiger partial charge in [0.25, 0.3) is 0 Å². The van der Waals surface area contributed by atoms with Crippen molar-refractivity contribution in [3.8, 4) is 5.88 Å². The first-order valence-electron chi connectivity index (χ1n) is 6.04. The topological polar surface area (TPSA) is 71.5 Å². The number of hydrogen-bond acceptors (Lipinski definition) is 5. The Bertz CT molecular complexity index is 514. The second kappa shape index (κ2) is 4.97. The van der Waals surface area contributed by atoms with Gasteiger partial charge in [-0.3, -0.25) is 19.8 Å². The molecule has 0 bridgehead atoms. The van der Waals surface area contributed by atoms with Crippen LogP contribution in [0.25, 0.3) is 0 Å². The molecule has 19 heavy (non-hydrogen) atoms. The summed E-state index contributed by atoms with van der Waals surface area (Å²) in [6.45, 7) is 3.84. The molecule has 2 heterocycles. The fourth-order valence-electron chi connectivity index (χ4n) is 1.90. The highest BCUT2D eigenvalue weighted by atomic mass is 16.5. The van der Waals surface area contributed by atoms with E-state index in [-0.39, 0.29) is 24.9 Å². The monoisotopic (exact) mass is 263 g/mol. The zero-order valence-electron chi connectivity index (χ0n) is 11.3. The molecule has 1 N–H and O–H groups in total. The molecule has 6 heteroatoms. The van der Waals surface area contributed by atoms with Crippen molar-refractivity contribution in [2.45, 2.75) is 25.9 Å². The van der Waals surface area contributed by atoms with Crippen LogP contribution in [0.5, 0.6) is 5.88 Å². The smallest absolute Gasteiger partial charge is 0.249 e. The summed E-state index contributed by atoms with van der Waals surface area (Å²) in [7, 11) is 1.52. The van der Waals surface area contributed by atoms with Crippen molar-refractivity contribution in [3.63, 3.8) is 0 Å². The summed E-state index contributed by atoms with van der Waals surface area (Å²) in [6, 6.07) is 5.26. The number of carbonyl (C=O) groups is 2. The van der Waals surface area contributed by atoms with E-state index in [1.807, 2.05) is 0 Å². The Labute approximate surface area is 111 Å². The molecular weight excluding hydrogens is 246 g/mol. The van der Waals surface area contributed by atoms with Crippen LogP contribution in [0, 0.1) is 0 Å². The molecule has 2 amide bonds. The first kappa shape index (κ1) is 13.5. The lowest BCUT2D eigenvalue weighted by molar-refractivity contribution is -0.153. The molecule has 0 spiro atoms. The zero-order chi connectivity index (χ0) is 14.0. The minimum atomic E-state index is -0.729. The first-order chi connectivity index (χ1) is 8.94. The molecule has 0 aromatic carbocycles. The minimum absolute atomic E-state index is 0.155. The van der Waals surface area contributed by atoms with E-state index < -0.39 is 5.54 Å². The molecule has 1 aliphatic rings. The van der Waals surface area contributed by atoms with Crippen molar-refractivity contribution >= 4 is 11.8 Å². The van der Waals surface area contributed by atoms with Crippen LogP contribution in [0.2, 0.25) is 0 Å². The summed E-state index contributed by atoms with van der Waals surface area (Å²) in [6.07, 6.45) is 0. The van der Waals surface area contributed by atoms with Crippen molar-refractivity contribution in [1.82, 2.24) is 15.2 Å². The fraction of sp³-hybridized carbons (Fsp3) is 0.462. The van der Waals surface area contributed by atoms with Gasteiger partial charge in [0.15, 0.2) is 0 Å². The number of ether oxygens (including phenoxy) is 1. The number of imide groups is 1. The highest BCUT2D eigenvalue weighted by Gasteiger charge is 2.39. The normalized spacial score (nSPS) is 18.6. The van der Waals surface area contributed by atoms with E-state index in [0.29, 0.717) is 11.6 Å². The molecule has 0 atom stereocenters. The maximum absolute atomic E-state index is 12.2. The number of piperazine rings is 1. The molecule has 102 valence electrons. The number of rotatable bonds is 3. The lowest BCUT2D eigenvalue weighted by Gasteiger charge is -2.36. The van der Waals surface area contributed by atoms with Gasteiger partial charge in [-0.15, -0.1) is 0 Å². The van der Waals surface area contributed by atoms with Gasteiger partial charge in [-0.1, -0.05) is 6.07 Å². The van der Waals surface area contributed by atoms with Gasteiger partial charge in [0.1, 0.15) is 0 Å². The van der Waals surface area contributed by atoms with Gasteiger partial charge >= 0.3 is 0 Å². The van der Waals surface area contributed by atoms with Crippen molar-refractivity contribution < 1.29 is 14.3 Å². The predicted molar refractivity (Wildman–Crippen MR) is 68.4 cm³/mol. The number of aromatic nitrogens is 1. The second-order valence-corrected chi connectivity index (χ2v) is 4.93. The van der Waals surface area contributed by atoms with Gasteiger partial charge in [-0.2, -0.15) is 0 Å². The molecule has 0 saturated carbocycles. The average Bonchev–Trinajstić information content (AvgIpc) is 2.40. The van der Waals surface area contributed by atoms with Crippen LogP contribution in [0.4, 0.5) is 0 Å². The van der Waals surface area contributed by atoms with Crippen LogP contribution in [-0.2, 0) is 16.1 Å². The zero-order valence-corrected chi connectivity index (χ0v) is 11.3. The van der Waals surface area contributed by atoms with E-state index in [9.17, 15) is 9.59 Å². The largest absolute Gasteiger partial charge is 0.481 e. The standard InChI is InChI=1S/C13H17N3O3/c1-13(2)12(18)16(11(17)7-14-13)8-9-5-4-6-10(15-9)19-3/h4-6,14H,7-8H2,1-3H3. The van der Waals surface area contributed by atoms with Gasteiger partial charge in [-0.05, 0) is 19.9 Å². The quantitative estimate of drug-likeness (QED) is 0.796. The Morgan fingerprint density at radius 3 is 2.84 bits per heavy atom. The molecule has 2 rings (SSSR count). The van der Waals surface area contributed by atoms with Gasteiger partial charge in [-0.25, -0.2) is 4.98 Å². The van der Waals surface area contributed by atoms with E-state index in [0.717, 1.165) is 0 Å². The fourth-order valence-corrected chi connectivity index (χ4v) is 1.90. The highest BCUT2D eigenvalue weighted by molar-refractivity contribution is 6.02. The molecule has 1 saturated heterocycles. The van der Waals surface area contributed by atoms with Crippen LogP contribution in [0.15, 0.2) is 18.2 Å². The SMILES string of the molecule is COc1cccc(CN2C(=O)CNC(C)(C)C2=O)n1. The van der Waals surface area contributed by atoms with Crippen LogP contribution >= 0.6 is 0 Å². The van der Waals surface area contributed by atoms with E-state index in [2.05, 4.69) is 10.3 Å². The summed E-state index contributed by atoms with van der Waals surface area (Å²) in [5.41, 5.74) is -0.106. The minimum Gasteiger partial charge on any atom is -0.481 e. The molecule has 0 aliphatic carbocycles. The first-order valence-corrected chi connectivity index (χ1v) is 6.04.